The third-order valence-electron chi connectivity index (χ3n) is 4.17. The second-order valence-corrected chi connectivity index (χ2v) is 5.19. The van der Waals surface area contributed by atoms with Crippen molar-refractivity contribution < 1.29 is 0 Å². The molecule has 3 heteroatoms. The molecule has 2 aliphatic rings. The fourth-order valence-electron chi connectivity index (χ4n) is 3.24. The van der Waals surface area contributed by atoms with Crippen LogP contribution in [0.1, 0.15) is 56.2 Å². The lowest BCUT2D eigenvalue weighted by Gasteiger charge is -2.27. The molecule has 0 aromatic carbocycles. The van der Waals surface area contributed by atoms with Crippen LogP contribution in [-0.2, 0) is 0 Å². The quantitative estimate of drug-likeness (QED) is 0.828. The molecule has 0 atom stereocenters. The maximum absolute atomic E-state index is 4.38. The molecule has 0 bridgehead atoms. The highest BCUT2D eigenvalue weighted by Crippen LogP contribution is 2.35. The van der Waals surface area contributed by atoms with Crippen LogP contribution in [0.5, 0.6) is 0 Å². The Morgan fingerprint density at radius 2 is 1.88 bits per heavy atom. The Balaban J connectivity index is 1.80. The van der Waals surface area contributed by atoms with E-state index >= 15 is 0 Å². The van der Waals surface area contributed by atoms with Crippen LogP contribution in [0, 0.1) is 0 Å². The molecule has 2 heterocycles. The van der Waals surface area contributed by atoms with E-state index in [1.165, 1.54) is 44.2 Å². The van der Waals surface area contributed by atoms with E-state index in [0.29, 0.717) is 6.04 Å². The van der Waals surface area contributed by atoms with E-state index in [1.807, 2.05) is 0 Å². The van der Waals surface area contributed by atoms with E-state index < -0.39 is 0 Å². The predicted molar refractivity (Wildman–Crippen MR) is 64.6 cm³/mol. The molecule has 1 N–H and O–H groups in total. The Morgan fingerprint density at radius 3 is 2.62 bits per heavy atom. The first-order valence-corrected chi connectivity index (χ1v) is 6.67. The molecule has 1 aromatic heterocycles. The summed E-state index contributed by atoms with van der Waals surface area (Å²) in [6.45, 7) is 2.32. The molecule has 3 rings (SSSR count). The first kappa shape index (κ1) is 10.3. The molecular formula is C13H21N3. The molecule has 1 saturated carbocycles. The summed E-state index contributed by atoms with van der Waals surface area (Å²) >= 11 is 0. The van der Waals surface area contributed by atoms with Crippen LogP contribution in [0.2, 0.25) is 0 Å². The van der Waals surface area contributed by atoms with Gasteiger partial charge in [-0.2, -0.15) is 0 Å². The molecule has 1 saturated heterocycles. The van der Waals surface area contributed by atoms with Crippen molar-refractivity contribution in [1.29, 1.82) is 0 Å². The van der Waals surface area contributed by atoms with Crippen LogP contribution < -0.4 is 5.32 Å². The van der Waals surface area contributed by atoms with Gasteiger partial charge in [-0.25, -0.2) is 4.98 Å². The van der Waals surface area contributed by atoms with Gasteiger partial charge in [-0.05, 0) is 38.8 Å². The van der Waals surface area contributed by atoms with Gasteiger partial charge in [0, 0.05) is 23.9 Å². The van der Waals surface area contributed by atoms with Crippen molar-refractivity contribution in [2.45, 2.75) is 50.5 Å². The normalized spacial score (nSPS) is 24.0. The first-order chi connectivity index (χ1) is 7.95. The summed E-state index contributed by atoms with van der Waals surface area (Å²) in [6.07, 6.45) is 12.2. The van der Waals surface area contributed by atoms with Gasteiger partial charge < -0.3 is 9.88 Å². The zero-order valence-corrected chi connectivity index (χ0v) is 9.86. The number of hydrogen-bond acceptors (Lipinski definition) is 2. The third-order valence-corrected chi connectivity index (χ3v) is 4.17. The minimum Gasteiger partial charge on any atom is -0.331 e. The predicted octanol–water partition coefficient (Wildman–Crippen LogP) is 2.47. The van der Waals surface area contributed by atoms with Crippen molar-refractivity contribution in [3.05, 3.63) is 18.2 Å². The summed E-state index contributed by atoms with van der Waals surface area (Å²) in [4.78, 5) is 4.38. The molecule has 1 aliphatic heterocycles. The Labute approximate surface area is 97.3 Å². The van der Waals surface area contributed by atoms with Gasteiger partial charge in [0.1, 0.15) is 0 Å². The van der Waals surface area contributed by atoms with Crippen molar-refractivity contribution >= 4 is 0 Å². The minimum absolute atomic E-state index is 0.694. The third kappa shape index (κ3) is 1.88. The van der Waals surface area contributed by atoms with Gasteiger partial charge in [0.25, 0.3) is 0 Å². The van der Waals surface area contributed by atoms with Gasteiger partial charge in [0.15, 0.2) is 0 Å². The number of nitrogens with zero attached hydrogens (tertiary/aromatic N) is 2. The van der Waals surface area contributed by atoms with Gasteiger partial charge in [-0.15, -0.1) is 0 Å². The van der Waals surface area contributed by atoms with E-state index in [0.717, 1.165) is 19.0 Å². The van der Waals surface area contributed by atoms with Crippen molar-refractivity contribution in [1.82, 2.24) is 14.9 Å². The van der Waals surface area contributed by atoms with Gasteiger partial charge in [-0.3, -0.25) is 0 Å². The average molecular weight is 219 g/mol. The van der Waals surface area contributed by atoms with Gasteiger partial charge in [0.2, 0.25) is 0 Å². The number of nitrogens with one attached hydrogen (secondary N) is 1. The monoisotopic (exact) mass is 219 g/mol. The maximum Gasteiger partial charge on any atom is 0.0950 e. The molecule has 2 fully saturated rings. The Bertz CT molecular complexity index is 333. The largest absolute Gasteiger partial charge is 0.331 e. The molecule has 0 unspecified atom stereocenters. The topological polar surface area (TPSA) is 29.9 Å². The van der Waals surface area contributed by atoms with Crippen molar-refractivity contribution in [2.75, 3.05) is 13.1 Å². The molecule has 0 amide bonds. The maximum atomic E-state index is 4.38. The van der Waals surface area contributed by atoms with Crippen LogP contribution in [0.3, 0.4) is 0 Å². The summed E-state index contributed by atoms with van der Waals surface area (Å²) in [5.74, 6) is 0.789. The zero-order valence-electron chi connectivity index (χ0n) is 9.86. The smallest absolute Gasteiger partial charge is 0.0950 e. The summed E-state index contributed by atoms with van der Waals surface area (Å²) in [5, 5.41) is 3.43. The van der Waals surface area contributed by atoms with Gasteiger partial charge in [0.05, 0.1) is 6.33 Å². The van der Waals surface area contributed by atoms with Crippen molar-refractivity contribution in [3.8, 4) is 0 Å². The van der Waals surface area contributed by atoms with Crippen LogP contribution >= 0.6 is 0 Å². The number of imidazole rings is 1. The Morgan fingerprint density at radius 1 is 1.12 bits per heavy atom. The van der Waals surface area contributed by atoms with Gasteiger partial charge >= 0.3 is 0 Å². The second kappa shape index (κ2) is 4.58. The Hall–Kier alpha value is -0.830. The zero-order chi connectivity index (χ0) is 10.8. The lowest BCUT2D eigenvalue weighted by Crippen LogP contribution is -2.30. The Kier molecular flexibility index (Phi) is 2.96. The van der Waals surface area contributed by atoms with Crippen LogP contribution in [-0.4, -0.2) is 22.6 Å². The standard InChI is InChI=1S/C13H21N3/c1-2-4-11(3-1)13-9-15-10-16(13)12-5-7-14-8-6-12/h9-12,14H,1-8H2. The summed E-state index contributed by atoms with van der Waals surface area (Å²) < 4.78 is 2.47. The summed E-state index contributed by atoms with van der Waals surface area (Å²) in [5.41, 5.74) is 1.50. The number of piperidine rings is 1. The first-order valence-electron chi connectivity index (χ1n) is 6.67. The molecule has 3 nitrogen and oxygen atoms in total. The van der Waals surface area contributed by atoms with Crippen molar-refractivity contribution in [3.63, 3.8) is 0 Å². The SMILES string of the molecule is c1ncn(C2CCNCC2)c1C1CCCC1. The lowest BCUT2D eigenvalue weighted by atomic mass is 10.0. The summed E-state index contributed by atoms with van der Waals surface area (Å²) in [6, 6.07) is 0.694. The van der Waals surface area contributed by atoms with E-state index in [1.54, 1.807) is 0 Å². The molecule has 0 spiro atoms. The van der Waals surface area contributed by atoms with Crippen LogP contribution in [0.25, 0.3) is 0 Å². The molecule has 1 aliphatic carbocycles. The van der Waals surface area contributed by atoms with E-state index in [-0.39, 0.29) is 0 Å². The van der Waals surface area contributed by atoms with E-state index in [2.05, 4.69) is 27.4 Å². The number of rotatable bonds is 2. The highest BCUT2D eigenvalue weighted by Gasteiger charge is 2.24. The molecular weight excluding hydrogens is 198 g/mol. The molecule has 16 heavy (non-hydrogen) atoms. The van der Waals surface area contributed by atoms with Crippen molar-refractivity contribution in [2.24, 2.45) is 0 Å². The van der Waals surface area contributed by atoms with Gasteiger partial charge in [-0.1, -0.05) is 12.8 Å². The molecule has 0 radical (unpaired) electrons. The van der Waals surface area contributed by atoms with Crippen LogP contribution in [0.4, 0.5) is 0 Å². The van der Waals surface area contributed by atoms with E-state index in [4.69, 9.17) is 0 Å². The fraction of sp³-hybridized carbons (Fsp3) is 0.769. The fourth-order valence-corrected chi connectivity index (χ4v) is 3.24. The highest BCUT2D eigenvalue weighted by molar-refractivity contribution is 5.09. The lowest BCUT2D eigenvalue weighted by molar-refractivity contribution is 0.356. The average Bonchev–Trinajstić information content (AvgIpc) is 3.01. The number of hydrogen-bond donors (Lipinski definition) is 1. The van der Waals surface area contributed by atoms with E-state index in [9.17, 15) is 0 Å². The minimum atomic E-state index is 0.694. The highest BCUT2D eigenvalue weighted by atomic mass is 15.1. The number of aromatic nitrogens is 2. The van der Waals surface area contributed by atoms with Crippen LogP contribution in [0.15, 0.2) is 12.5 Å². The second-order valence-electron chi connectivity index (χ2n) is 5.19. The molecule has 1 aromatic rings. The summed E-state index contributed by atoms with van der Waals surface area (Å²) in [7, 11) is 0. The molecule has 88 valence electrons.